The highest BCUT2D eigenvalue weighted by molar-refractivity contribution is 6.07. The number of amides is 3. The molecular weight excluding hydrogens is 316 g/mol. The van der Waals surface area contributed by atoms with E-state index in [1.54, 1.807) is 0 Å². The van der Waals surface area contributed by atoms with Gasteiger partial charge in [0.2, 0.25) is 5.91 Å². The summed E-state index contributed by atoms with van der Waals surface area (Å²) in [5.41, 5.74) is 2.47. The van der Waals surface area contributed by atoms with Crippen LogP contribution in [0.5, 0.6) is 0 Å². The van der Waals surface area contributed by atoms with Crippen molar-refractivity contribution >= 4 is 17.7 Å². The molecule has 0 aromatic heterocycles. The summed E-state index contributed by atoms with van der Waals surface area (Å²) < 4.78 is 0. The van der Waals surface area contributed by atoms with Crippen LogP contribution in [-0.2, 0) is 14.4 Å². The molecule has 25 heavy (non-hydrogen) atoms. The number of carbonyl (C=O) groups is 3. The van der Waals surface area contributed by atoms with Crippen molar-refractivity contribution in [2.45, 2.75) is 44.9 Å². The van der Waals surface area contributed by atoms with Crippen LogP contribution in [0.3, 0.4) is 0 Å². The van der Waals surface area contributed by atoms with Crippen LogP contribution in [0, 0.1) is 46.8 Å². The van der Waals surface area contributed by atoms with Crippen LogP contribution in [-0.4, -0.2) is 22.7 Å². The van der Waals surface area contributed by atoms with E-state index in [1.807, 2.05) is 0 Å². The Balaban J connectivity index is 1.25. The Morgan fingerprint density at radius 1 is 0.880 bits per heavy atom. The van der Waals surface area contributed by atoms with Crippen molar-refractivity contribution in [3.8, 4) is 0 Å². The fourth-order valence-corrected chi connectivity index (χ4v) is 7.62. The molecule has 1 aliphatic heterocycles. The summed E-state index contributed by atoms with van der Waals surface area (Å²) in [5.74, 6) is 1.49. The fraction of sp³-hybridized carbons (Fsp3) is 0.750. The van der Waals surface area contributed by atoms with Gasteiger partial charge in [0.1, 0.15) is 0 Å². The molecule has 5 saturated carbocycles. The van der Waals surface area contributed by atoms with E-state index in [4.69, 9.17) is 0 Å². The zero-order valence-corrected chi connectivity index (χ0v) is 14.3. The average Bonchev–Trinajstić information content (AvgIpc) is 3.23. The van der Waals surface area contributed by atoms with Gasteiger partial charge in [-0.25, -0.2) is 0 Å². The van der Waals surface area contributed by atoms with Crippen molar-refractivity contribution in [3.63, 3.8) is 0 Å². The van der Waals surface area contributed by atoms with E-state index in [9.17, 15) is 14.4 Å². The Bertz CT molecular complexity index is 661. The molecule has 7 aliphatic rings. The second-order valence-electron chi connectivity index (χ2n) is 9.65. The van der Waals surface area contributed by atoms with Crippen molar-refractivity contribution in [3.05, 3.63) is 12.2 Å². The minimum atomic E-state index is -0.329. The van der Waals surface area contributed by atoms with Crippen LogP contribution in [0.25, 0.3) is 0 Å². The van der Waals surface area contributed by atoms with Gasteiger partial charge >= 0.3 is 0 Å². The molecule has 6 aliphatic carbocycles. The number of rotatable bonds is 2. The maximum Gasteiger partial charge on any atom is 0.252 e. The highest BCUT2D eigenvalue weighted by Crippen LogP contribution is 2.60. The summed E-state index contributed by atoms with van der Waals surface area (Å²) in [5, 5.41) is 1.10. The molecule has 4 atom stereocenters. The quantitative estimate of drug-likeness (QED) is 0.618. The zero-order chi connectivity index (χ0) is 16.9. The van der Waals surface area contributed by atoms with Gasteiger partial charge in [0.15, 0.2) is 0 Å². The average molecular weight is 340 g/mol. The number of nitrogens with zero attached hydrogens (tertiary/aromatic N) is 1. The molecule has 1 N–H and O–H groups in total. The first-order chi connectivity index (χ1) is 12.0. The molecule has 3 amide bonds. The second kappa shape index (κ2) is 4.54. The van der Waals surface area contributed by atoms with Crippen molar-refractivity contribution in [2.75, 3.05) is 0 Å². The van der Waals surface area contributed by atoms with E-state index in [-0.39, 0.29) is 46.8 Å². The lowest BCUT2D eigenvalue weighted by atomic mass is 9.49. The SMILES string of the molecule is O=C1C2C3C=CC(C3)C2C(=O)N1NC(=O)C12CC3CC(CC(C3)C1)C2. The predicted octanol–water partition coefficient (Wildman–Crippen LogP) is 2.04. The van der Waals surface area contributed by atoms with Gasteiger partial charge in [-0.2, -0.15) is 5.01 Å². The largest absolute Gasteiger partial charge is 0.273 e. The van der Waals surface area contributed by atoms with Crippen LogP contribution in [0.1, 0.15) is 44.9 Å². The van der Waals surface area contributed by atoms with Crippen LogP contribution >= 0.6 is 0 Å². The molecule has 7 rings (SSSR count). The minimum absolute atomic E-state index is 0.0615. The summed E-state index contributed by atoms with van der Waals surface area (Å²) in [7, 11) is 0. The lowest BCUT2D eigenvalue weighted by Crippen LogP contribution is -2.58. The van der Waals surface area contributed by atoms with Gasteiger partial charge in [-0.05, 0) is 74.5 Å². The van der Waals surface area contributed by atoms with Gasteiger partial charge in [0.25, 0.3) is 11.8 Å². The molecule has 0 spiro atoms. The first kappa shape index (κ1) is 14.5. The van der Waals surface area contributed by atoms with Crippen LogP contribution in [0.2, 0.25) is 0 Å². The number of imide groups is 1. The molecule has 0 aromatic rings. The van der Waals surface area contributed by atoms with E-state index in [1.165, 1.54) is 19.3 Å². The van der Waals surface area contributed by atoms with Gasteiger partial charge in [0, 0.05) is 0 Å². The number of fused-ring (bicyclic) bond motifs is 5. The Labute approximate surface area is 147 Å². The van der Waals surface area contributed by atoms with Crippen LogP contribution < -0.4 is 5.43 Å². The highest BCUT2D eigenvalue weighted by atomic mass is 16.2. The lowest BCUT2D eigenvalue weighted by molar-refractivity contribution is -0.160. The van der Waals surface area contributed by atoms with E-state index >= 15 is 0 Å². The van der Waals surface area contributed by atoms with Gasteiger partial charge in [-0.1, -0.05) is 12.2 Å². The number of hydrazine groups is 1. The topological polar surface area (TPSA) is 66.5 Å². The molecular formula is C20H24N2O3. The minimum Gasteiger partial charge on any atom is -0.273 e. The number of hydrogen-bond donors (Lipinski definition) is 1. The Hall–Kier alpha value is -1.65. The highest BCUT2D eigenvalue weighted by Gasteiger charge is 2.61. The van der Waals surface area contributed by atoms with E-state index in [0.717, 1.165) is 30.7 Å². The number of carbonyl (C=O) groups excluding carboxylic acids is 3. The third-order valence-electron chi connectivity index (χ3n) is 8.20. The fourth-order valence-electron chi connectivity index (χ4n) is 7.62. The maximum absolute atomic E-state index is 13.2. The molecule has 0 aromatic carbocycles. The molecule has 5 heteroatoms. The summed E-state index contributed by atoms with van der Waals surface area (Å²) >= 11 is 0. The molecule has 6 bridgehead atoms. The summed E-state index contributed by atoms with van der Waals surface area (Å²) in [6.07, 6.45) is 11.7. The van der Waals surface area contributed by atoms with Crippen molar-refractivity contribution < 1.29 is 14.4 Å². The molecule has 4 unspecified atom stereocenters. The normalized spacial score (nSPS) is 51.5. The molecule has 6 fully saturated rings. The lowest BCUT2D eigenvalue weighted by Gasteiger charge is -2.55. The summed E-state index contributed by atoms with van der Waals surface area (Å²) in [4.78, 5) is 38.8. The first-order valence-electron chi connectivity index (χ1n) is 9.91. The van der Waals surface area contributed by atoms with Gasteiger partial charge in [-0.15, -0.1) is 0 Å². The van der Waals surface area contributed by atoms with E-state index in [2.05, 4.69) is 17.6 Å². The van der Waals surface area contributed by atoms with Crippen molar-refractivity contribution in [1.29, 1.82) is 0 Å². The molecule has 5 nitrogen and oxygen atoms in total. The number of hydrogen-bond acceptors (Lipinski definition) is 3. The molecule has 1 heterocycles. The zero-order valence-electron chi connectivity index (χ0n) is 14.3. The number of nitrogens with one attached hydrogen (secondary N) is 1. The first-order valence-corrected chi connectivity index (χ1v) is 9.91. The Morgan fingerprint density at radius 3 is 1.84 bits per heavy atom. The Morgan fingerprint density at radius 2 is 1.36 bits per heavy atom. The monoisotopic (exact) mass is 340 g/mol. The van der Waals surface area contributed by atoms with Crippen molar-refractivity contribution in [2.24, 2.45) is 46.8 Å². The van der Waals surface area contributed by atoms with Crippen molar-refractivity contribution in [1.82, 2.24) is 10.4 Å². The predicted molar refractivity (Wildman–Crippen MR) is 88.3 cm³/mol. The summed E-state index contributed by atoms with van der Waals surface area (Å²) in [6.45, 7) is 0. The van der Waals surface area contributed by atoms with E-state index in [0.29, 0.717) is 17.8 Å². The second-order valence-corrected chi connectivity index (χ2v) is 9.65. The van der Waals surface area contributed by atoms with Crippen LogP contribution in [0.15, 0.2) is 12.2 Å². The summed E-state index contributed by atoms with van der Waals surface area (Å²) in [6, 6.07) is 0. The third kappa shape index (κ3) is 1.77. The molecule has 1 saturated heterocycles. The third-order valence-corrected chi connectivity index (χ3v) is 8.20. The molecule has 0 radical (unpaired) electrons. The van der Waals surface area contributed by atoms with E-state index < -0.39 is 0 Å². The standard InChI is InChI=1S/C20H24N2O3/c23-17-15-13-1-2-14(6-13)16(15)18(24)22(17)21-19(25)20-7-10-3-11(8-20)5-12(4-10)9-20/h1-2,10-16H,3-9H2,(H,21,25). The Kier molecular flexibility index (Phi) is 2.64. The maximum atomic E-state index is 13.2. The van der Waals surface area contributed by atoms with Gasteiger partial charge in [-0.3, -0.25) is 19.8 Å². The van der Waals surface area contributed by atoms with Gasteiger partial charge < -0.3 is 0 Å². The smallest absolute Gasteiger partial charge is 0.252 e. The molecule has 132 valence electrons. The van der Waals surface area contributed by atoms with Gasteiger partial charge in [0.05, 0.1) is 17.3 Å². The van der Waals surface area contributed by atoms with Crippen LogP contribution in [0.4, 0.5) is 0 Å². The number of allylic oxidation sites excluding steroid dienone is 2.